The van der Waals surface area contributed by atoms with Gasteiger partial charge in [0.25, 0.3) is 0 Å². The molecule has 0 aliphatic carbocycles. The van der Waals surface area contributed by atoms with Gasteiger partial charge in [-0.1, -0.05) is 30.3 Å². The van der Waals surface area contributed by atoms with E-state index >= 15 is 0 Å². The van der Waals surface area contributed by atoms with E-state index in [4.69, 9.17) is 4.74 Å². The van der Waals surface area contributed by atoms with Crippen molar-refractivity contribution in [1.82, 2.24) is 19.4 Å². The van der Waals surface area contributed by atoms with Crippen molar-refractivity contribution in [1.29, 1.82) is 0 Å². The molecule has 3 heterocycles. The van der Waals surface area contributed by atoms with Gasteiger partial charge in [0.1, 0.15) is 5.82 Å². The second-order valence-corrected chi connectivity index (χ2v) is 7.47. The third-order valence-corrected chi connectivity index (χ3v) is 5.54. The number of likely N-dealkylation sites (tertiary alicyclic amines) is 1. The molecule has 0 saturated carbocycles. The minimum absolute atomic E-state index is 0.228. The van der Waals surface area contributed by atoms with Gasteiger partial charge in [0.05, 0.1) is 19.8 Å². The molecule has 1 amide bonds. The van der Waals surface area contributed by atoms with Crippen molar-refractivity contribution in [2.75, 3.05) is 45.9 Å². The molecule has 2 aliphatic rings. The second kappa shape index (κ2) is 8.67. The highest BCUT2D eigenvalue weighted by Gasteiger charge is 2.27. The molecule has 0 bridgehead atoms. The highest BCUT2D eigenvalue weighted by atomic mass is 16.5. The van der Waals surface area contributed by atoms with Crippen molar-refractivity contribution in [2.24, 2.45) is 0 Å². The number of hydrogen-bond donors (Lipinski definition) is 0. The third-order valence-electron chi connectivity index (χ3n) is 5.54. The van der Waals surface area contributed by atoms with E-state index in [1.165, 1.54) is 5.56 Å². The maximum atomic E-state index is 12.6. The summed E-state index contributed by atoms with van der Waals surface area (Å²) in [6.45, 7) is 6.01. The summed E-state index contributed by atoms with van der Waals surface area (Å²) in [4.78, 5) is 21.5. The van der Waals surface area contributed by atoms with Crippen LogP contribution in [-0.4, -0.2) is 71.2 Å². The molecule has 0 radical (unpaired) electrons. The summed E-state index contributed by atoms with van der Waals surface area (Å²) in [5.41, 5.74) is 1.28. The number of rotatable bonds is 5. The number of carbonyl (C=O) groups excluding carboxylic acids is 1. The lowest BCUT2D eigenvalue weighted by molar-refractivity contribution is -0.136. The first-order valence-corrected chi connectivity index (χ1v) is 9.92. The number of nitrogens with zero attached hydrogens (tertiary/aromatic N) is 4. The Bertz CT molecular complexity index is 740. The Labute approximate surface area is 160 Å². The fraction of sp³-hybridized carbons (Fsp3) is 0.524. The van der Waals surface area contributed by atoms with Gasteiger partial charge in [-0.2, -0.15) is 0 Å². The number of amides is 1. The fourth-order valence-electron chi connectivity index (χ4n) is 4.11. The Morgan fingerprint density at radius 2 is 1.96 bits per heavy atom. The van der Waals surface area contributed by atoms with E-state index in [-0.39, 0.29) is 5.91 Å². The zero-order chi connectivity index (χ0) is 18.5. The van der Waals surface area contributed by atoms with E-state index < -0.39 is 0 Å². The molecule has 2 aliphatic heterocycles. The monoisotopic (exact) mass is 368 g/mol. The first-order valence-electron chi connectivity index (χ1n) is 9.92. The first kappa shape index (κ1) is 18.2. The average molecular weight is 368 g/mol. The minimum Gasteiger partial charge on any atom is -0.378 e. The Morgan fingerprint density at radius 3 is 2.78 bits per heavy atom. The minimum atomic E-state index is 0.228. The zero-order valence-electron chi connectivity index (χ0n) is 15.8. The van der Waals surface area contributed by atoms with Gasteiger partial charge in [-0.05, 0) is 24.9 Å². The molecule has 2 saturated heterocycles. The SMILES string of the molecule is O=C(CN1CCC[C@H](c2nccn2Cc2ccccc2)C1)N1CCOCC1. The van der Waals surface area contributed by atoms with E-state index in [9.17, 15) is 4.79 Å². The molecule has 2 aromatic rings. The molecule has 27 heavy (non-hydrogen) atoms. The van der Waals surface area contributed by atoms with Crippen molar-refractivity contribution in [3.8, 4) is 0 Å². The molecular formula is C21H28N4O2. The Hall–Kier alpha value is -2.18. The molecule has 144 valence electrons. The smallest absolute Gasteiger partial charge is 0.236 e. The maximum absolute atomic E-state index is 12.6. The number of hydrogen-bond acceptors (Lipinski definition) is 4. The highest BCUT2D eigenvalue weighted by molar-refractivity contribution is 5.78. The molecule has 0 unspecified atom stereocenters. The van der Waals surface area contributed by atoms with Gasteiger partial charge in [0.15, 0.2) is 0 Å². The van der Waals surface area contributed by atoms with Crippen molar-refractivity contribution in [2.45, 2.75) is 25.3 Å². The van der Waals surface area contributed by atoms with Crippen LogP contribution in [0.25, 0.3) is 0 Å². The van der Waals surface area contributed by atoms with Crippen LogP contribution < -0.4 is 0 Å². The van der Waals surface area contributed by atoms with E-state index in [0.29, 0.717) is 25.7 Å². The summed E-state index contributed by atoms with van der Waals surface area (Å²) in [6, 6.07) is 10.5. The van der Waals surface area contributed by atoms with Crippen LogP contribution in [0.15, 0.2) is 42.7 Å². The fourth-order valence-corrected chi connectivity index (χ4v) is 4.11. The molecule has 6 nitrogen and oxygen atoms in total. The van der Waals surface area contributed by atoms with E-state index in [1.54, 1.807) is 0 Å². The highest BCUT2D eigenvalue weighted by Crippen LogP contribution is 2.26. The molecule has 1 aromatic carbocycles. The normalized spacial score (nSPS) is 21.3. The number of carbonyl (C=O) groups is 1. The number of benzene rings is 1. The van der Waals surface area contributed by atoms with E-state index in [0.717, 1.165) is 51.4 Å². The average Bonchev–Trinajstić information content (AvgIpc) is 3.18. The van der Waals surface area contributed by atoms with Crippen LogP contribution in [0.1, 0.15) is 30.1 Å². The van der Waals surface area contributed by atoms with Crippen LogP contribution in [0.2, 0.25) is 0 Å². The lowest BCUT2D eigenvalue weighted by atomic mass is 9.97. The molecule has 6 heteroatoms. The van der Waals surface area contributed by atoms with E-state index in [2.05, 4.69) is 44.9 Å². The Kier molecular flexibility index (Phi) is 5.84. The predicted octanol–water partition coefficient (Wildman–Crippen LogP) is 1.97. The quantitative estimate of drug-likeness (QED) is 0.810. The number of imidazole rings is 1. The van der Waals surface area contributed by atoms with Crippen LogP contribution in [0, 0.1) is 0 Å². The van der Waals surface area contributed by atoms with Crippen molar-refractivity contribution in [3.63, 3.8) is 0 Å². The summed E-state index contributed by atoms with van der Waals surface area (Å²) in [5, 5.41) is 0. The van der Waals surface area contributed by atoms with Crippen molar-refractivity contribution < 1.29 is 9.53 Å². The summed E-state index contributed by atoms with van der Waals surface area (Å²) < 4.78 is 7.61. The van der Waals surface area contributed by atoms with Gasteiger partial charge >= 0.3 is 0 Å². The Balaban J connectivity index is 1.38. The lowest BCUT2D eigenvalue weighted by Gasteiger charge is -2.34. The molecule has 0 N–H and O–H groups in total. The molecule has 2 fully saturated rings. The second-order valence-electron chi connectivity index (χ2n) is 7.47. The third kappa shape index (κ3) is 4.57. The van der Waals surface area contributed by atoms with Crippen molar-refractivity contribution >= 4 is 5.91 Å². The maximum Gasteiger partial charge on any atom is 0.236 e. The predicted molar refractivity (Wildman–Crippen MR) is 104 cm³/mol. The number of aromatic nitrogens is 2. The standard InChI is InChI=1S/C21H28N4O2/c26-20(24-11-13-27-14-12-24)17-23-9-4-7-19(16-23)21-22-8-10-25(21)15-18-5-2-1-3-6-18/h1-3,5-6,8,10,19H,4,7,9,11-17H2/t19-/m0/s1. The zero-order valence-corrected chi connectivity index (χ0v) is 15.8. The first-order chi connectivity index (χ1) is 13.3. The summed E-state index contributed by atoms with van der Waals surface area (Å²) in [6.07, 6.45) is 6.21. The van der Waals surface area contributed by atoms with Gasteiger partial charge in [-0.3, -0.25) is 9.69 Å². The molecule has 1 aromatic heterocycles. The van der Waals surface area contributed by atoms with E-state index in [1.807, 2.05) is 17.2 Å². The largest absolute Gasteiger partial charge is 0.378 e. The van der Waals surface area contributed by atoms with Gasteiger partial charge in [0, 0.05) is 44.5 Å². The number of ether oxygens (including phenoxy) is 1. The van der Waals surface area contributed by atoms with Gasteiger partial charge in [-0.25, -0.2) is 4.98 Å². The van der Waals surface area contributed by atoms with Gasteiger partial charge < -0.3 is 14.2 Å². The summed E-state index contributed by atoms with van der Waals surface area (Å²) in [5.74, 6) is 1.75. The molecular weight excluding hydrogens is 340 g/mol. The van der Waals surface area contributed by atoms with Gasteiger partial charge in [0.2, 0.25) is 5.91 Å². The summed E-state index contributed by atoms with van der Waals surface area (Å²) >= 11 is 0. The Morgan fingerprint density at radius 1 is 1.15 bits per heavy atom. The van der Waals surface area contributed by atoms with Crippen LogP contribution in [0.5, 0.6) is 0 Å². The van der Waals surface area contributed by atoms with Crippen molar-refractivity contribution in [3.05, 3.63) is 54.1 Å². The van der Waals surface area contributed by atoms with Crippen LogP contribution in [0.4, 0.5) is 0 Å². The molecule has 1 atom stereocenters. The summed E-state index contributed by atoms with van der Waals surface area (Å²) in [7, 11) is 0. The lowest BCUT2D eigenvalue weighted by Crippen LogP contribution is -2.47. The van der Waals surface area contributed by atoms with Crippen LogP contribution in [-0.2, 0) is 16.1 Å². The van der Waals surface area contributed by atoms with Crippen LogP contribution >= 0.6 is 0 Å². The van der Waals surface area contributed by atoms with Gasteiger partial charge in [-0.15, -0.1) is 0 Å². The molecule has 0 spiro atoms. The van der Waals surface area contributed by atoms with Crippen LogP contribution in [0.3, 0.4) is 0 Å². The topological polar surface area (TPSA) is 50.6 Å². The number of morpholine rings is 1. The molecule has 4 rings (SSSR count). The number of piperidine rings is 1.